The number of benzene rings is 3. The molecule has 0 spiro atoms. The Labute approximate surface area is 198 Å². The molecule has 4 aromatic rings. The van der Waals surface area contributed by atoms with Gasteiger partial charge in [-0.25, -0.2) is 4.39 Å². The molecule has 1 heterocycles. The van der Waals surface area contributed by atoms with Gasteiger partial charge in [0.15, 0.2) is 0 Å². The number of ether oxygens (including phenoxy) is 1. The highest BCUT2D eigenvalue weighted by Gasteiger charge is 2.19. The normalized spacial score (nSPS) is 12.0. The van der Waals surface area contributed by atoms with Crippen LogP contribution in [0.2, 0.25) is 5.02 Å². The van der Waals surface area contributed by atoms with Gasteiger partial charge >= 0.3 is 0 Å². The Morgan fingerprint density at radius 1 is 1.03 bits per heavy atom. The Kier molecular flexibility index (Phi) is 7.07. The van der Waals surface area contributed by atoms with Crippen molar-refractivity contribution in [2.45, 2.75) is 33.0 Å². The average molecular weight is 461 g/mol. The molecule has 1 aromatic heterocycles. The molecule has 0 fully saturated rings. The fourth-order valence-corrected chi connectivity index (χ4v) is 4.16. The topological polar surface area (TPSA) is 31.2 Å². The SMILES string of the molecule is Cc1c([C]=O)cc(C[C@H](C)OCc2ccccc2)n1-c1ccc(Cl)cc1-c1ccc(F)cc1. The molecule has 33 heavy (non-hydrogen) atoms. The maximum atomic E-state index is 13.5. The zero-order chi connectivity index (χ0) is 23.4. The predicted octanol–water partition coefficient (Wildman–Crippen LogP) is 6.85. The summed E-state index contributed by atoms with van der Waals surface area (Å²) in [5, 5.41) is 0.575. The largest absolute Gasteiger partial charge is 0.373 e. The van der Waals surface area contributed by atoms with E-state index in [2.05, 4.69) is 0 Å². The van der Waals surface area contributed by atoms with Crippen LogP contribution in [0.3, 0.4) is 0 Å². The van der Waals surface area contributed by atoms with Crippen LogP contribution < -0.4 is 0 Å². The summed E-state index contributed by atoms with van der Waals surface area (Å²) in [5.74, 6) is -0.303. The van der Waals surface area contributed by atoms with E-state index in [4.69, 9.17) is 16.3 Å². The molecule has 4 rings (SSSR count). The summed E-state index contributed by atoms with van der Waals surface area (Å²) in [4.78, 5) is 11.6. The van der Waals surface area contributed by atoms with Gasteiger partial charge in [0.25, 0.3) is 0 Å². The Balaban J connectivity index is 1.70. The molecular formula is C28H24ClFNO2. The van der Waals surface area contributed by atoms with Crippen molar-refractivity contribution in [1.29, 1.82) is 0 Å². The fourth-order valence-electron chi connectivity index (χ4n) is 3.99. The molecule has 0 aliphatic rings. The van der Waals surface area contributed by atoms with Crippen LogP contribution in [0.15, 0.2) is 78.9 Å². The number of hydrogen-bond donors (Lipinski definition) is 0. The molecule has 3 nitrogen and oxygen atoms in total. The quantitative estimate of drug-likeness (QED) is 0.288. The van der Waals surface area contributed by atoms with Gasteiger partial charge in [0.2, 0.25) is 6.29 Å². The third-order valence-electron chi connectivity index (χ3n) is 5.66. The summed E-state index contributed by atoms with van der Waals surface area (Å²) in [6.07, 6.45) is 2.56. The lowest BCUT2D eigenvalue weighted by Crippen LogP contribution is -2.15. The monoisotopic (exact) mass is 460 g/mol. The lowest BCUT2D eigenvalue weighted by molar-refractivity contribution is 0.0527. The van der Waals surface area contributed by atoms with E-state index >= 15 is 0 Å². The minimum atomic E-state index is -0.303. The zero-order valence-corrected chi connectivity index (χ0v) is 19.3. The summed E-state index contributed by atoms with van der Waals surface area (Å²) in [7, 11) is 0. The summed E-state index contributed by atoms with van der Waals surface area (Å²) in [6.45, 7) is 4.42. The van der Waals surface area contributed by atoms with Gasteiger partial charge in [0, 0.05) is 34.0 Å². The molecule has 3 aromatic carbocycles. The third-order valence-corrected chi connectivity index (χ3v) is 5.90. The molecule has 1 radical (unpaired) electrons. The Morgan fingerprint density at radius 3 is 2.45 bits per heavy atom. The maximum Gasteiger partial charge on any atom is 0.235 e. The first kappa shape index (κ1) is 23.0. The second-order valence-corrected chi connectivity index (χ2v) is 8.49. The highest BCUT2D eigenvalue weighted by Crippen LogP contribution is 2.33. The summed E-state index contributed by atoms with van der Waals surface area (Å²) < 4.78 is 21.7. The van der Waals surface area contributed by atoms with E-state index in [-0.39, 0.29) is 11.9 Å². The van der Waals surface area contributed by atoms with Crippen LogP contribution in [0.4, 0.5) is 4.39 Å². The molecule has 0 saturated carbocycles. The van der Waals surface area contributed by atoms with E-state index < -0.39 is 0 Å². The van der Waals surface area contributed by atoms with Gasteiger partial charge in [-0.2, -0.15) is 0 Å². The van der Waals surface area contributed by atoms with Gasteiger partial charge in [0.05, 0.1) is 18.4 Å². The number of carbonyl (C=O) groups excluding carboxylic acids is 1. The molecule has 167 valence electrons. The minimum Gasteiger partial charge on any atom is -0.373 e. The molecule has 1 atom stereocenters. The van der Waals surface area contributed by atoms with Crippen LogP contribution in [0.25, 0.3) is 16.8 Å². The van der Waals surface area contributed by atoms with Gasteiger partial charge in [-0.15, -0.1) is 0 Å². The molecule has 0 bridgehead atoms. The first-order valence-electron chi connectivity index (χ1n) is 10.8. The van der Waals surface area contributed by atoms with E-state index in [1.165, 1.54) is 12.1 Å². The van der Waals surface area contributed by atoms with Crippen molar-refractivity contribution in [1.82, 2.24) is 4.57 Å². The van der Waals surface area contributed by atoms with E-state index in [9.17, 15) is 9.18 Å². The van der Waals surface area contributed by atoms with Gasteiger partial charge in [0.1, 0.15) is 5.82 Å². The van der Waals surface area contributed by atoms with Crippen molar-refractivity contribution >= 4 is 17.9 Å². The molecule has 0 aliphatic carbocycles. The van der Waals surface area contributed by atoms with Crippen LogP contribution in [0, 0.1) is 12.7 Å². The van der Waals surface area contributed by atoms with E-state index in [1.807, 2.05) is 79.3 Å². The second kappa shape index (κ2) is 10.2. The van der Waals surface area contributed by atoms with Gasteiger partial charge in [-0.05, 0) is 61.4 Å². The molecule has 0 aliphatic heterocycles. The second-order valence-electron chi connectivity index (χ2n) is 8.05. The maximum absolute atomic E-state index is 13.5. The summed E-state index contributed by atoms with van der Waals surface area (Å²) in [5.41, 5.74) is 5.85. The molecular weight excluding hydrogens is 437 g/mol. The van der Waals surface area contributed by atoms with E-state index in [0.717, 1.165) is 33.8 Å². The first-order valence-corrected chi connectivity index (χ1v) is 11.1. The molecule has 5 heteroatoms. The standard InChI is InChI=1S/C28H24ClFNO2/c1-19(33-18-21-6-4-3-5-7-21)14-26-15-23(17-32)20(2)31(26)28-13-10-24(29)16-27(28)22-8-11-25(30)12-9-22/h3-13,15-16,19H,14,18H2,1-2H3/t19-/m0/s1. The zero-order valence-electron chi connectivity index (χ0n) is 18.5. The first-order chi connectivity index (χ1) is 16.0. The van der Waals surface area contributed by atoms with Gasteiger partial charge in [-0.3, -0.25) is 4.79 Å². The van der Waals surface area contributed by atoms with Crippen LogP contribution in [-0.2, 0) is 22.6 Å². The minimum absolute atomic E-state index is 0.0840. The molecule has 0 saturated heterocycles. The van der Waals surface area contributed by atoms with Crippen LogP contribution >= 0.6 is 11.6 Å². The third kappa shape index (κ3) is 5.24. The summed E-state index contributed by atoms with van der Waals surface area (Å²) >= 11 is 6.32. The summed E-state index contributed by atoms with van der Waals surface area (Å²) in [6, 6.07) is 23.7. The fraction of sp³-hybridized carbons (Fsp3) is 0.179. The van der Waals surface area contributed by atoms with Gasteiger partial charge in [-0.1, -0.05) is 54.1 Å². The lowest BCUT2D eigenvalue weighted by Gasteiger charge is -2.19. The highest BCUT2D eigenvalue weighted by atomic mass is 35.5. The highest BCUT2D eigenvalue weighted by molar-refractivity contribution is 6.31. The number of aromatic nitrogens is 1. The Bertz CT molecular complexity index is 1250. The van der Waals surface area contributed by atoms with Crippen molar-refractivity contribution < 1.29 is 13.9 Å². The van der Waals surface area contributed by atoms with E-state index in [0.29, 0.717) is 23.6 Å². The van der Waals surface area contributed by atoms with Crippen LogP contribution in [0.5, 0.6) is 0 Å². The number of hydrogen-bond acceptors (Lipinski definition) is 2. The van der Waals surface area contributed by atoms with Crippen LogP contribution in [-0.4, -0.2) is 17.0 Å². The van der Waals surface area contributed by atoms with Crippen LogP contribution in [0.1, 0.15) is 29.4 Å². The van der Waals surface area contributed by atoms with Crippen molar-refractivity contribution in [2.75, 3.05) is 0 Å². The average Bonchev–Trinajstić information content (AvgIpc) is 3.13. The number of rotatable bonds is 8. The molecule has 0 amide bonds. The van der Waals surface area contributed by atoms with Gasteiger partial charge < -0.3 is 9.30 Å². The number of halogens is 2. The molecule has 0 unspecified atom stereocenters. The Morgan fingerprint density at radius 2 is 1.76 bits per heavy atom. The molecule has 0 N–H and O–H groups in total. The predicted molar refractivity (Wildman–Crippen MR) is 130 cm³/mol. The van der Waals surface area contributed by atoms with Crippen molar-refractivity contribution in [2.24, 2.45) is 0 Å². The van der Waals surface area contributed by atoms with Crippen molar-refractivity contribution in [3.8, 4) is 16.8 Å². The van der Waals surface area contributed by atoms with E-state index in [1.54, 1.807) is 12.1 Å². The number of nitrogens with zero attached hydrogens (tertiary/aromatic N) is 1. The Hall–Kier alpha value is -3.21. The lowest BCUT2D eigenvalue weighted by atomic mass is 10.0. The van der Waals surface area contributed by atoms with Crippen molar-refractivity contribution in [3.63, 3.8) is 0 Å². The smallest absolute Gasteiger partial charge is 0.235 e. The van der Waals surface area contributed by atoms with Crippen molar-refractivity contribution in [3.05, 3.63) is 112 Å².